The van der Waals surface area contributed by atoms with Crippen molar-refractivity contribution >= 4 is 0 Å². The van der Waals surface area contributed by atoms with E-state index in [-0.39, 0.29) is 11.6 Å². The molecule has 0 aliphatic heterocycles. The van der Waals surface area contributed by atoms with Crippen LogP contribution in [-0.4, -0.2) is 35.6 Å². The highest BCUT2D eigenvalue weighted by Gasteiger charge is 2.28. The molecule has 0 saturated heterocycles. The van der Waals surface area contributed by atoms with Crippen LogP contribution in [-0.2, 0) is 11.2 Å². The van der Waals surface area contributed by atoms with E-state index >= 15 is 0 Å². The van der Waals surface area contributed by atoms with Crippen LogP contribution in [0, 0.1) is 0 Å². The van der Waals surface area contributed by atoms with Crippen LogP contribution in [0.1, 0.15) is 39.4 Å². The third kappa shape index (κ3) is 3.54. The van der Waals surface area contributed by atoms with E-state index < -0.39 is 0 Å². The number of rotatable bonds is 6. The second-order valence-corrected chi connectivity index (χ2v) is 5.23. The molecule has 4 nitrogen and oxygen atoms in total. The van der Waals surface area contributed by atoms with Gasteiger partial charge in [0.2, 0.25) is 0 Å². The summed E-state index contributed by atoms with van der Waals surface area (Å²) in [5.41, 5.74) is 0.902. The molecule has 17 heavy (non-hydrogen) atoms. The van der Waals surface area contributed by atoms with E-state index in [9.17, 15) is 0 Å². The van der Waals surface area contributed by atoms with Gasteiger partial charge in [-0.15, -0.1) is 0 Å². The average molecular weight is 239 g/mol. The summed E-state index contributed by atoms with van der Waals surface area (Å²) in [5.74, 6) is 0. The lowest BCUT2D eigenvalue weighted by Gasteiger charge is -2.32. The molecule has 1 N–H and O–H groups in total. The Labute approximate surface area is 104 Å². The number of ether oxygens (including phenoxy) is 1. The maximum atomic E-state index is 5.52. The molecule has 1 rings (SSSR count). The maximum absolute atomic E-state index is 5.52. The predicted octanol–water partition coefficient (Wildman–Crippen LogP) is 2.02. The van der Waals surface area contributed by atoms with Crippen LogP contribution in [0.5, 0.6) is 0 Å². The fourth-order valence-corrected chi connectivity index (χ4v) is 1.82. The Morgan fingerprint density at radius 3 is 2.53 bits per heavy atom. The number of hydrogen-bond donors (Lipinski definition) is 1. The molecule has 0 aromatic carbocycles. The van der Waals surface area contributed by atoms with Crippen molar-refractivity contribution in [3.63, 3.8) is 0 Å². The molecule has 0 aliphatic rings. The highest BCUT2D eigenvalue weighted by atomic mass is 16.5. The molecule has 98 valence electrons. The highest BCUT2D eigenvalue weighted by Crippen LogP contribution is 2.17. The Morgan fingerprint density at radius 1 is 1.47 bits per heavy atom. The summed E-state index contributed by atoms with van der Waals surface area (Å²) in [4.78, 5) is 0. The van der Waals surface area contributed by atoms with Gasteiger partial charge in [-0.25, -0.2) is 0 Å². The molecule has 1 aromatic rings. The Hall–Kier alpha value is -0.870. The number of hydrogen-bond acceptors (Lipinski definition) is 3. The normalized spacial score (nSPS) is 14.3. The van der Waals surface area contributed by atoms with Gasteiger partial charge in [-0.1, -0.05) is 0 Å². The number of methoxy groups -OCH3 is 1. The standard InChI is InChI=1S/C13H25N3O/c1-10(2)16-8-7-11(15-16)9-12(14-5)13(3,4)17-6/h7-8,10,12,14H,9H2,1-6H3. The Bertz CT molecular complexity index is 344. The molecule has 0 aliphatic carbocycles. The lowest BCUT2D eigenvalue weighted by atomic mass is 9.94. The van der Waals surface area contributed by atoms with Crippen molar-refractivity contribution < 1.29 is 4.74 Å². The largest absolute Gasteiger partial charge is 0.377 e. The minimum Gasteiger partial charge on any atom is -0.377 e. The quantitative estimate of drug-likeness (QED) is 0.825. The van der Waals surface area contributed by atoms with Crippen LogP contribution in [0.25, 0.3) is 0 Å². The molecule has 1 unspecified atom stereocenters. The molecular weight excluding hydrogens is 214 g/mol. The highest BCUT2D eigenvalue weighted by molar-refractivity contribution is 5.04. The molecule has 0 saturated carbocycles. The average Bonchev–Trinajstić information content (AvgIpc) is 2.74. The summed E-state index contributed by atoms with van der Waals surface area (Å²) in [5, 5.41) is 7.87. The molecule has 1 heterocycles. The smallest absolute Gasteiger partial charge is 0.0778 e. The summed E-state index contributed by atoms with van der Waals surface area (Å²) in [6.07, 6.45) is 2.91. The summed E-state index contributed by atoms with van der Waals surface area (Å²) in [7, 11) is 3.71. The Kier molecular flexibility index (Phi) is 4.71. The Morgan fingerprint density at radius 2 is 2.12 bits per heavy atom. The molecular formula is C13H25N3O. The van der Waals surface area contributed by atoms with E-state index in [2.05, 4.69) is 44.2 Å². The number of nitrogens with zero attached hydrogens (tertiary/aromatic N) is 2. The van der Waals surface area contributed by atoms with Crippen LogP contribution >= 0.6 is 0 Å². The maximum Gasteiger partial charge on any atom is 0.0778 e. The van der Waals surface area contributed by atoms with E-state index in [1.165, 1.54) is 0 Å². The van der Waals surface area contributed by atoms with Gasteiger partial charge >= 0.3 is 0 Å². The van der Waals surface area contributed by atoms with Crippen LogP contribution in [0.4, 0.5) is 0 Å². The van der Waals surface area contributed by atoms with Gasteiger partial charge in [0, 0.05) is 31.8 Å². The Balaban J connectivity index is 2.74. The minimum atomic E-state index is -0.198. The third-order valence-corrected chi connectivity index (χ3v) is 3.32. The lowest BCUT2D eigenvalue weighted by Crippen LogP contribution is -2.48. The first kappa shape index (κ1) is 14.2. The van der Waals surface area contributed by atoms with Crippen molar-refractivity contribution in [1.29, 1.82) is 0 Å². The van der Waals surface area contributed by atoms with E-state index in [1.54, 1.807) is 7.11 Å². The zero-order valence-corrected chi connectivity index (χ0v) is 11.8. The summed E-state index contributed by atoms with van der Waals surface area (Å²) < 4.78 is 7.51. The van der Waals surface area contributed by atoms with Crippen molar-refractivity contribution in [2.24, 2.45) is 0 Å². The van der Waals surface area contributed by atoms with Gasteiger partial charge in [0.15, 0.2) is 0 Å². The van der Waals surface area contributed by atoms with Crippen molar-refractivity contribution in [3.05, 3.63) is 18.0 Å². The molecule has 0 amide bonds. The second kappa shape index (κ2) is 5.65. The van der Waals surface area contributed by atoms with Crippen molar-refractivity contribution in [1.82, 2.24) is 15.1 Å². The van der Waals surface area contributed by atoms with Crippen molar-refractivity contribution in [2.45, 2.75) is 51.8 Å². The molecule has 0 bridgehead atoms. The minimum absolute atomic E-state index is 0.198. The second-order valence-electron chi connectivity index (χ2n) is 5.23. The molecule has 1 atom stereocenters. The van der Waals surface area contributed by atoms with E-state index in [4.69, 9.17) is 4.74 Å². The molecule has 0 spiro atoms. The van der Waals surface area contributed by atoms with Crippen LogP contribution in [0.15, 0.2) is 12.3 Å². The first-order chi connectivity index (χ1) is 7.90. The van der Waals surface area contributed by atoms with Crippen LogP contribution in [0.2, 0.25) is 0 Å². The van der Waals surface area contributed by atoms with E-state index in [1.807, 2.05) is 17.9 Å². The number of nitrogens with one attached hydrogen (secondary N) is 1. The molecule has 0 radical (unpaired) electrons. The first-order valence-electron chi connectivity index (χ1n) is 6.17. The fraction of sp³-hybridized carbons (Fsp3) is 0.769. The molecule has 1 aromatic heterocycles. The number of likely N-dealkylation sites (N-methyl/N-ethyl adjacent to an activating group) is 1. The van der Waals surface area contributed by atoms with E-state index in [0.29, 0.717) is 6.04 Å². The van der Waals surface area contributed by atoms with Crippen LogP contribution in [0.3, 0.4) is 0 Å². The van der Waals surface area contributed by atoms with Crippen molar-refractivity contribution in [3.8, 4) is 0 Å². The molecule has 0 fully saturated rings. The van der Waals surface area contributed by atoms with Gasteiger partial charge in [0.05, 0.1) is 11.3 Å². The van der Waals surface area contributed by atoms with Crippen molar-refractivity contribution in [2.75, 3.05) is 14.2 Å². The monoisotopic (exact) mass is 239 g/mol. The molecule has 4 heteroatoms. The van der Waals surface area contributed by atoms with Gasteiger partial charge < -0.3 is 10.1 Å². The topological polar surface area (TPSA) is 39.1 Å². The number of aromatic nitrogens is 2. The van der Waals surface area contributed by atoms with Gasteiger partial charge in [0.1, 0.15) is 0 Å². The summed E-state index contributed by atoms with van der Waals surface area (Å²) in [6.45, 7) is 8.44. The summed E-state index contributed by atoms with van der Waals surface area (Å²) in [6, 6.07) is 2.74. The zero-order valence-electron chi connectivity index (χ0n) is 11.8. The van der Waals surface area contributed by atoms with Gasteiger partial charge in [-0.05, 0) is 40.8 Å². The fourth-order valence-electron chi connectivity index (χ4n) is 1.82. The predicted molar refractivity (Wildman–Crippen MR) is 70.3 cm³/mol. The van der Waals surface area contributed by atoms with Gasteiger partial charge in [-0.2, -0.15) is 5.10 Å². The summed E-state index contributed by atoms with van der Waals surface area (Å²) >= 11 is 0. The SMILES string of the molecule is CNC(Cc1ccn(C(C)C)n1)C(C)(C)OC. The zero-order chi connectivity index (χ0) is 13.1. The van der Waals surface area contributed by atoms with E-state index in [0.717, 1.165) is 12.1 Å². The van der Waals surface area contributed by atoms with Gasteiger partial charge in [0.25, 0.3) is 0 Å². The third-order valence-electron chi connectivity index (χ3n) is 3.32. The first-order valence-corrected chi connectivity index (χ1v) is 6.17. The lowest BCUT2D eigenvalue weighted by molar-refractivity contribution is -0.00825. The van der Waals surface area contributed by atoms with Crippen LogP contribution < -0.4 is 5.32 Å². The van der Waals surface area contributed by atoms with Gasteiger partial charge in [-0.3, -0.25) is 4.68 Å².